The van der Waals surface area contributed by atoms with Crippen LogP contribution in [0.25, 0.3) is 0 Å². The van der Waals surface area contributed by atoms with Crippen molar-refractivity contribution in [1.82, 2.24) is 5.32 Å². The normalized spacial score (nSPS) is 10.3. The van der Waals surface area contributed by atoms with Crippen molar-refractivity contribution in [2.75, 3.05) is 10.6 Å². The summed E-state index contributed by atoms with van der Waals surface area (Å²) in [4.78, 5) is 23.5. The zero-order valence-electron chi connectivity index (χ0n) is 15.1. The van der Waals surface area contributed by atoms with Crippen molar-refractivity contribution < 1.29 is 14.3 Å². The van der Waals surface area contributed by atoms with Gasteiger partial charge in [0.15, 0.2) is 5.11 Å². The lowest BCUT2D eigenvalue weighted by atomic mass is 10.2. The number of thiocarbonyl (C=S) groups is 1. The summed E-state index contributed by atoms with van der Waals surface area (Å²) in [7, 11) is 0. The van der Waals surface area contributed by atoms with E-state index in [2.05, 4.69) is 31.9 Å². The number of benzene rings is 2. The summed E-state index contributed by atoms with van der Waals surface area (Å²) in [5, 5.41) is 8.38. The smallest absolute Gasteiger partial charge is 0.257 e. The molecule has 0 fully saturated rings. The standard InChI is InChI=1S/C19H20BrN3O3S/c1-11(2)26-17-8-7-13(9-16(17)20)18(25)23-19(27)22-15-6-4-5-14(10-15)21-12(3)24/h4-11H,1-3H3,(H,21,24)(H2,22,23,25,27). The Morgan fingerprint density at radius 1 is 1.07 bits per heavy atom. The van der Waals surface area contributed by atoms with E-state index in [0.717, 1.165) is 0 Å². The van der Waals surface area contributed by atoms with Crippen molar-refractivity contribution in [3.05, 3.63) is 52.5 Å². The minimum atomic E-state index is -0.345. The van der Waals surface area contributed by atoms with Crippen molar-refractivity contribution in [2.45, 2.75) is 26.9 Å². The zero-order valence-corrected chi connectivity index (χ0v) is 17.5. The zero-order chi connectivity index (χ0) is 20.0. The van der Waals surface area contributed by atoms with E-state index in [0.29, 0.717) is 27.2 Å². The van der Waals surface area contributed by atoms with Gasteiger partial charge in [0.05, 0.1) is 10.6 Å². The van der Waals surface area contributed by atoms with E-state index in [1.54, 1.807) is 42.5 Å². The number of halogens is 1. The first kappa shape index (κ1) is 20.9. The van der Waals surface area contributed by atoms with Gasteiger partial charge in [-0.25, -0.2) is 0 Å². The van der Waals surface area contributed by atoms with Crippen LogP contribution in [0.4, 0.5) is 11.4 Å². The van der Waals surface area contributed by atoms with E-state index >= 15 is 0 Å². The summed E-state index contributed by atoms with van der Waals surface area (Å²) in [5.74, 6) is 0.151. The minimum Gasteiger partial charge on any atom is -0.490 e. The molecule has 6 nitrogen and oxygen atoms in total. The molecule has 3 N–H and O–H groups in total. The third-order valence-electron chi connectivity index (χ3n) is 3.22. The molecule has 2 amide bonds. The maximum atomic E-state index is 12.4. The van der Waals surface area contributed by atoms with Crippen LogP contribution in [-0.4, -0.2) is 23.0 Å². The Hall–Kier alpha value is -2.45. The molecule has 2 rings (SSSR count). The van der Waals surface area contributed by atoms with Crippen LogP contribution in [0.5, 0.6) is 5.75 Å². The van der Waals surface area contributed by atoms with Gasteiger partial charge in [0, 0.05) is 23.9 Å². The van der Waals surface area contributed by atoms with Crippen molar-refractivity contribution in [2.24, 2.45) is 0 Å². The van der Waals surface area contributed by atoms with Gasteiger partial charge in [-0.1, -0.05) is 6.07 Å². The van der Waals surface area contributed by atoms with Gasteiger partial charge < -0.3 is 15.4 Å². The second-order valence-corrected chi connectivity index (χ2v) is 7.24. The quantitative estimate of drug-likeness (QED) is 0.592. The molecular formula is C19H20BrN3O3S. The van der Waals surface area contributed by atoms with Crippen LogP contribution in [0.1, 0.15) is 31.1 Å². The summed E-state index contributed by atoms with van der Waals surface area (Å²) in [6.07, 6.45) is 0.0333. The Morgan fingerprint density at radius 2 is 1.74 bits per heavy atom. The van der Waals surface area contributed by atoms with Gasteiger partial charge in [-0.15, -0.1) is 0 Å². The number of carbonyl (C=O) groups is 2. The highest BCUT2D eigenvalue weighted by molar-refractivity contribution is 9.10. The van der Waals surface area contributed by atoms with E-state index in [4.69, 9.17) is 17.0 Å². The molecule has 2 aromatic rings. The Morgan fingerprint density at radius 3 is 2.33 bits per heavy atom. The van der Waals surface area contributed by atoms with Crippen LogP contribution in [0.3, 0.4) is 0 Å². The highest BCUT2D eigenvalue weighted by Crippen LogP contribution is 2.27. The monoisotopic (exact) mass is 449 g/mol. The third-order valence-corrected chi connectivity index (χ3v) is 4.05. The molecule has 0 aliphatic rings. The van der Waals surface area contributed by atoms with E-state index in [-0.39, 0.29) is 23.0 Å². The number of anilines is 2. The largest absolute Gasteiger partial charge is 0.490 e. The Balaban J connectivity index is 2.00. The second kappa shape index (κ2) is 9.48. The van der Waals surface area contributed by atoms with Gasteiger partial charge in [0.2, 0.25) is 5.91 Å². The molecule has 0 spiro atoms. The molecular weight excluding hydrogens is 430 g/mol. The second-order valence-electron chi connectivity index (χ2n) is 5.98. The molecule has 0 saturated carbocycles. The van der Waals surface area contributed by atoms with Crippen molar-refractivity contribution in [1.29, 1.82) is 0 Å². The molecule has 0 atom stereocenters. The fourth-order valence-electron chi connectivity index (χ4n) is 2.21. The van der Waals surface area contributed by atoms with Crippen molar-refractivity contribution in [3.8, 4) is 5.75 Å². The highest BCUT2D eigenvalue weighted by Gasteiger charge is 2.12. The molecule has 0 heterocycles. The van der Waals surface area contributed by atoms with Crippen LogP contribution in [0.15, 0.2) is 46.9 Å². The van der Waals surface area contributed by atoms with Gasteiger partial charge in [0.1, 0.15) is 5.75 Å². The lowest BCUT2D eigenvalue weighted by molar-refractivity contribution is -0.114. The topological polar surface area (TPSA) is 79.5 Å². The SMILES string of the molecule is CC(=O)Nc1cccc(NC(=S)NC(=O)c2ccc(OC(C)C)c(Br)c2)c1. The predicted molar refractivity (Wildman–Crippen MR) is 114 cm³/mol. The van der Waals surface area contributed by atoms with Gasteiger partial charge in [-0.05, 0) is 78.4 Å². The van der Waals surface area contributed by atoms with Crippen LogP contribution in [-0.2, 0) is 4.79 Å². The third kappa shape index (κ3) is 6.65. The number of hydrogen-bond donors (Lipinski definition) is 3. The molecule has 0 aliphatic heterocycles. The maximum Gasteiger partial charge on any atom is 0.257 e. The van der Waals surface area contributed by atoms with E-state index < -0.39 is 0 Å². The molecule has 0 saturated heterocycles. The van der Waals surface area contributed by atoms with Crippen LogP contribution >= 0.6 is 28.1 Å². The van der Waals surface area contributed by atoms with Gasteiger partial charge in [-0.3, -0.25) is 14.9 Å². The number of nitrogens with one attached hydrogen (secondary N) is 3. The molecule has 0 unspecified atom stereocenters. The van der Waals surface area contributed by atoms with Crippen LogP contribution in [0, 0.1) is 0 Å². The number of rotatable bonds is 5. The fourth-order valence-corrected chi connectivity index (χ4v) is 2.89. The summed E-state index contributed by atoms with van der Waals surface area (Å²) >= 11 is 8.60. The van der Waals surface area contributed by atoms with Gasteiger partial charge >= 0.3 is 0 Å². The van der Waals surface area contributed by atoms with Gasteiger partial charge in [0.25, 0.3) is 5.91 Å². The van der Waals surface area contributed by atoms with Gasteiger partial charge in [-0.2, -0.15) is 0 Å². The number of ether oxygens (including phenoxy) is 1. The molecule has 0 aromatic heterocycles. The summed E-state index contributed by atoms with van der Waals surface area (Å²) in [6.45, 7) is 5.29. The predicted octanol–water partition coefficient (Wildman–Crippen LogP) is 4.32. The van der Waals surface area contributed by atoms with Crippen molar-refractivity contribution >= 4 is 56.4 Å². The molecule has 0 radical (unpaired) electrons. The summed E-state index contributed by atoms with van der Waals surface area (Å²) in [6, 6.07) is 12.1. The molecule has 0 bridgehead atoms. The van der Waals surface area contributed by atoms with E-state index in [9.17, 15) is 9.59 Å². The lowest BCUT2D eigenvalue weighted by Gasteiger charge is -2.13. The van der Waals surface area contributed by atoms with E-state index in [1.807, 2.05) is 13.8 Å². The molecule has 0 aliphatic carbocycles. The van der Waals surface area contributed by atoms with Crippen molar-refractivity contribution in [3.63, 3.8) is 0 Å². The number of amides is 2. The fraction of sp³-hybridized carbons (Fsp3) is 0.211. The summed E-state index contributed by atoms with van der Waals surface area (Å²) in [5.41, 5.74) is 1.72. The minimum absolute atomic E-state index is 0.0333. The molecule has 27 heavy (non-hydrogen) atoms. The summed E-state index contributed by atoms with van der Waals surface area (Å²) < 4.78 is 6.32. The molecule has 142 valence electrons. The van der Waals surface area contributed by atoms with E-state index in [1.165, 1.54) is 6.92 Å². The average molecular weight is 450 g/mol. The molecule has 8 heteroatoms. The Labute approximate surface area is 171 Å². The first-order valence-corrected chi connectivity index (χ1v) is 9.41. The highest BCUT2D eigenvalue weighted by atomic mass is 79.9. The maximum absolute atomic E-state index is 12.4. The Bertz CT molecular complexity index is 871. The first-order chi connectivity index (χ1) is 12.7. The molecule has 2 aromatic carbocycles. The Kier molecular flexibility index (Phi) is 7.32. The first-order valence-electron chi connectivity index (χ1n) is 8.21. The number of carbonyl (C=O) groups excluding carboxylic acids is 2. The van der Waals surface area contributed by atoms with Crippen LogP contribution < -0.4 is 20.7 Å². The lowest BCUT2D eigenvalue weighted by Crippen LogP contribution is -2.34. The number of hydrogen-bond acceptors (Lipinski definition) is 4. The van der Waals surface area contributed by atoms with Crippen LogP contribution in [0.2, 0.25) is 0 Å². The average Bonchev–Trinajstić information content (AvgIpc) is 2.55.